The highest BCUT2D eigenvalue weighted by Crippen LogP contribution is 2.37. The van der Waals surface area contributed by atoms with Crippen molar-refractivity contribution in [1.82, 2.24) is 0 Å². The van der Waals surface area contributed by atoms with Crippen LogP contribution in [0.2, 0.25) is 0 Å². The molecule has 0 aromatic carbocycles. The van der Waals surface area contributed by atoms with E-state index in [9.17, 15) is 0 Å². The van der Waals surface area contributed by atoms with Gasteiger partial charge in [-0.15, -0.1) is 0 Å². The molecule has 0 saturated heterocycles. The van der Waals surface area contributed by atoms with Gasteiger partial charge in [-0.3, -0.25) is 0 Å². The molecule has 70 valence electrons. The predicted molar refractivity (Wildman–Crippen MR) is 57.4 cm³/mol. The third kappa shape index (κ3) is 1.63. The zero-order chi connectivity index (χ0) is 9.26. The second kappa shape index (κ2) is 3.53. The molecule has 0 aromatic rings. The van der Waals surface area contributed by atoms with Crippen molar-refractivity contribution >= 4 is 0 Å². The van der Waals surface area contributed by atoms with Gasteiger partial charge in [-0.05, 0) is 24.7 Å². The highest BCUT2D eigenvalue weighted by molar-refractivity contribution is 5.30. The van der Waals surface area contributed by atoms with Crippen LogP contribution in [0.4, 0.5) is 0 Å². The van der Waals surface area contributed by atoms with Crippen LogP contribution in [-0.4, -0.2) is 0 Å². The van der Waals surface area contributed by atoms with Crippen LogP contribution in [0.15, 0.2) is 36.0 Å². The Morgan fingerprint density at radius 2 is 2.00 bits per heavy atom. The maximum absolute atomic E-state index is 2.43. The van der Waals surface area contributed by atoms with Crippen molar-refractivity contribution < 1.29 is 0 Å². The van der Waals surface area contributed by atoms with E-state index in [4.69, 9.17) is 0 Å². The molecule has 2 aliphatic carbocycles. The molecule has 0 amide bonds. The maximum Gasteiger partial charge on any atom is 0.0160 e. The molecule has 0 heteroatoms. The summed E-state index contributed by atoms with van der Waals surface area (Å²) in [6, 6.07) is 0. The molecule has 13 heavy (non-hydrogen) atoms. The third-order valence-corrected chi connectivity index (χ3v) is 3.18. The van der Waals surface area contributed by atoms with E-state index in [0.717, 1.165) is 18.3 Å². The highest BCUT2D eigenvalue weighted by Gasteiger charge is 2.25. The zero-order valence-electron chi connectivity index (χ0n) is 8.53. The normalized spacial score (nSPS) is 31.8. The van der Waals surface area contributed by atoms with Gasteiger partial charge in [-0.2, -0.15) is 0 Å². The molecule has 2 unspecified atom stereocenters. The van der Waals surface area contributed by atoms with Gasteiger partial charge in [0.15, 0.2) is 0 Å². The van der Waals surface area contributed by atoms with E-state index in [2.05, 4.69) is 44.2 Å². The second-order valence-electron chi connectivity index (χ2n) is 4.41. The van der Waals surface area contributed by atoms with Crippen molar-refractivity contribution in [2.24, 2.45) is 17.8 Å². The summed E-state index contributed by atoms with van der Waals surface area (Å²) in [5.41, 5.74) is 1.67. The molecule has 0 spiro atoms. The van der Waals surface area contributed by atoms with Gasteiger partial charge in [-0.1, -0.05) is 49.8 Å². The Balaban J connectivity index is 2.25. The molecule has 0 radical (unpaired) electrons. The minimum Gasteiger partial charge on any atom is -0.0870 e. The van der Waals surface area contributed by atoms with Gasteiger partial charge in [0.05, 0.1) is 0 Å². The Morgan fingerprint density at radius 1 is 1.23 bits per heavy atom. The second-order valence-corrected chi connectivity index (χ2v) is 4.41. The van der Waals surface area contributed by atoms with E-state index in [1.807, 2.05) is 0 Å². The Hall–Kier alpha value is -0.780. The average Bonchev–Trinajstić information content (AvgIpc) is 2.17. The van der Waals surface area contributed by atoms with Crippen molar-refractivity contribution in [2.75, 3.05) is 0 Å². The first kappa shape index (κ1) is 8.80. The number of rotatable bonds is 1. The quantitative estimate of drug-likeness (QED) is 0.531. The van der Waals surface area contributed by atoms with Crippen LogP contribution in [0.1, 0.15) is 26.7 Å². The summed E-state index contributed by atoms with van der Waals surface area (Å²) < 4.78 is 0. The Morgan fingerprint density at radius 3 is 2.77 bits per heavy atom. The van der Waals surface area contributed by atoms with Crippen molar-refractivity contribution in [1.29, 1.82) is 0 Å². The van der Waals surface area contributed by atoms with E-state index in [-0.39, 0.29) is 0 Å². The SMILES string of the molecule is CC(C)C1CC=CC2C=CCC=C21. The molecule has 0 N–H and O–H groups in total. The minimum absolute atomic E-state index is 0.620. The van der Waals surface area contributed by atoms with Gasteiger partial charge < -0.3 is 0 Å². The van der Waals surface area contributed by atoms with Crippen LogP contribution in [0.5, 0.6) is 0 Å². The molecule has 0 fully saturated rings. The van der Waals surface area contributed by atoms with Crippen LogP contribution >= 0.6 is 0 Å². The largest absolute Gasteiger partial charge is 0.0870 e. The molecule has 0 aliphatic heterocycles. The van der Waals surface area contributed by atoms with Crippen LogP contribution in [0.25, 0.3) is 0 Å². The number of hydrogen-bond donors (Lipinski definition) is 0. The topological polar surface area (TPSA) is 0 Å². The lowest BCUT2D eigenvalue weighted by Crippen LogP contribution is -2.20. The number of fused-ring (bicyclic) bond motifs is 1. The Kier molecular flexibility index (Phi) is 2.39. The fourth-order valence-corrected chi connectivity index (χ4v) is 2.42. The molecule has 0 aromatic heterocycles. The van der Waals surface area contributed by atoms with E-state index in [0.29, 0.717) is 5.92 Å². The van der Waals surface area contributed by atoms with Gasteiger partial charge in [0.25, 0.3) is 0 Å². The summed E-state index contributed by atoms with van der Waals surface area (Å²) in [5, 5.41) is 0. The minimum atomic E-state index is 0.620. The summed E-state index contributed by atoms with van der Waals surface area (Å²) in [6.45, 7) is 4.67. The summed E-state index contributed by atoms with van der Waals surface area (Å²) >= 11 is 0. The van der Waals surface area contributed by atoms with Crippen LogP contribution in [-0.2, 0) is 0 Å². The van der Waals surface area contributed by atoms with E-state index >= 15 is 0 Å². The molecule has 2 atom stereocenters. The molecule has 2 aliphatic rings. The van der Waals surface area contributed by atoms with Gasteiger partial charge in [0.2, 0.25) is 0 Å². The summed E-state index contributed by atoms with van der Waals surface area (Å²) in [6.07, 6.45) is 14.1. The van der Waals surface area contributed by atoms with Crippen LogP contribution in [0.3, 0.4) is 0 Å². The smallest absolute Gasteiger partial charge is 0.0160 e. The molecule has 2 rings (SSSR count). The van der Waals surface area contributed by atoms with Crippen molar-refractivity contribution in [3.05, 3.63) is 36.0 Å². The average molecular weight is 174 g/mol. The fraction of sp³-hybridized carbons (Fsp3) is 0.538. The van der Waals surface area contributed by atoms with Gasteiger partial charge in [0.1, 0.15) is 0 Å². The maximum atomic E-state index is 2.43. The lowest BCUT2D eigenvalue weighted by atomic mass is 9.74. The highest BCUT2D eigenvalue weighted by atomic mass is 14.3. The Labute approximate surface area is 81.0 Å². The summed E-state index contributed by atoms with van der Waals surface area (Å²) in [7, 11) is 0. The van der Waals surface area contributed by atoms with Gasteiger partial charge >= 0.3 is 0 Å². The first-order valence-electron chi connectivity index (χ1n) is 5.32. The van der Waals surface area contributed by atoms with E-state index in [1.165, 1.54) is 6.42 Å². The molecule has 0 saturated carbocycles. The fourth-order valence-electron chi connectivity index (χ4n) is 2.42. The first-order valence-corrected chi connectivity index (χ1v) is 5.32. The van der Waals surface area contributed by atoms with Crippen LogP contribution < -0.4 is 0 Å². The van der Waals surface area contributed by atoms with Crippen LogP contribution in [0, 0.1) is 17.8 Å². The lowest BCUT2D eigenvalue weighted by molar-refractivity contribution is 0.416. The van der Waals surface area contributed by atoms with Crippen molar-refractivity contribution in [3.8, 4) is 0 Å². The molecular weight excluding hydrogens is 156 g/mol. The monoisotopic (exact) mass is 174 g/mol. The third-order valence-electron chi connectivity index (χ3n) is 3.18. The molecule has 0 bridgehead atoms. The van der Waals surface area contributed by atoms with Crippen molar-refractivity contribution in [2.45, 2.75) is 26.7 Å². The van der Waals surface area contributed by atoms with E-state index < -0.39 is 0 Å². The standard InChI is InChI=1S/C13H18/c1-10(2)12-9-5-7-11-6-3-4-8-13(11)12/h3,5-8,10-12H,4,9H2,1-2H3. The summed E-state index contributed by atoms with van der Waals surface area (Å²) in [5.74, 6) is 2.19. The summed E-state index contributed by atoms with van der Waals surface area (Å²) in [4.78, 5) is 0. The Bertz CT molecular complexity index is 266. The molecule has 0 heterocycles. The molecule has 0 nitrogen and oxygen atoms in total. The van der Waals surface area contributed by atoms with E-state index in [1.54, 1.807) is 5.57 Å². The number of hydrogen-bond acceptors (Lipinski definition) is 0. The zero-order valence-corrected chi connectivity index (χ0v) is 8.53. The number of allylic oxidation sites excluding steroid dienone is 6. The van der Waals surface area contributed by atoms with Gasteiger partial charge in [0, 0.05) is 5.92 Å². The van der Waals surface area contributed by atoms with Crippen molar-refractivity contribution in [3.63, 3.8) is 0 Å². The first-order chi connectivity index (χ1) is 6.29. The lowest BCUT2D eigenvalue weighted by Gasteiger charge is -2.31. The molecular formula is C13H18. The predicted octanol–water partition coefficient (Wildman–Crippen LogP) is 3.72. The van der Waals surface area contributed by atoms with Gasteiger partial charge in [-0.25, -0.2) is 0 Å².